The van der Waals surface area contributed by atoms with Crippen molar-refractivity contribution in [2.24, 2.45) is 0 Å². The van der Waals surface area contributed by atoms with Crippen LogP contribution in [-0.4, -0.2) is 17.8 Å². The Kier molecular flexibility index (Phi) is 7.58. The molecule has 0 aromatic heterocycles. The van der Waals surface area contributed by atoms with E-state index in [2.05, 4.69) is 36.4 Å². The number of unbranched alkanes of at least 4 members (excludes halogenated alkanes) is 2. The summed E-state index contributed by atoms with van der Waals surface area (Å²) in [6.45, 7) is 0.585. The minimum Gasteiger partial charge on any atom is -0.378 e. The maximum atomic E-state index is 9.40. The van der Waals surface area contributed by atoms with Gasteiger partial charge < -0.3 is 9.84 Å². The number of hydrogen-bond acceptors (Lipinski definition) is 3. The van der Waals surface area contributed by atoms with Gasteiger partial charge in [0.25, 0.3) is 0 Å². The van der Waals surface area contributed by atoms with E-state index < -0.39 is 11.7 Å². The van der Waals surface area contributed by atoms with Gasteiger partial charge in [-0.25, -0.2) is 0 Å². The zero-order chi connectivity index (χ0) is 20.4. The Bertz CT molecular complexity index is 792. The molecule has 3 nitrogen and oxygen atoms in total. The van der Waals surface area contributed by atoms with E-state index in [0.29, 0.717) is 13.0 Å². The highest BCUT2D eigenvalue weighted by Crippen LogP contribution is 2.40. The normalized spacial score (nSPS) is 12.3. The van der Waals surface area contributed by atoms with Crippen molar-refractivity contribution in [3.05, 3.63) is 108 Å². The largest absolute Gasteiger partial charge is 0.378 e. The monoisotopic (exact) mass is 385 g/mol. The molecule has 3 rings (SSSR count). The number of nitriles is 1. The molecule has 148 valence electrons. The standard InChI is InChI=1S/C26H27NO2/c27-21-25(28)19-11-4-12-20-29-26(22-13-5-1-6-14-22,23-15-7-2-8-16-23)24-17-9-3-10-18-24/h1-3,5-10,13-18,25,28H,4,11-12,19-20H2/t25-/m0/s1. The summed E-state index contributed by atoms with van der Waals surface area (Å²) < 4.78 is 6.69. The first-order chi connectivity index (χ1) is 14.3. The lowest BCUT2D eigenvalue weighted by molar-refractivity contribution is 0.0104. The molecule has 0 saturated heterocycles. The lowest BCUT2D eigenvalue weighted by Gasteiger charge is -2.36. The zero-order valence-corrected chi connectivity index (χ0v) is 16.6. The molecular formula is C26H27NO2. The molecule has 0 unspecified atom stereocenters. The fourth-order valence-corrected chi connectivity index (χ4v) is 3.67. The Morgan fingerprint density at radius 3 is 1.59 bits per heavy atom. The molecule has 29 heavy (non-hydrogen) atoms. The topological polar surface area (TPSA) is 53.2 Å². The molecule has 3 aromatic rings. The van der Waals surface area contributed by atoms with Gasteiger partial charge in [0, 0.05) is 6.61 Å². The van der Waals surface area contributed by atoms with Crippen molar-refractivity contribution in [2.75, 3.05) is 6.61 Å². The van der Waals surface area contributed by atoms with E-state index >= 15 is 0 Å². The molecule has 0 aliphatic carbocycles. The van der Waals surface area contributed by atoms with Crippen LogP contribution < -0.4 is 0 Å². The van der Waals surface area contributed by atoms with E-state index in [1.165, 1.54) is 0 Å². The van der Waals surface area contributed by atoms with Crippen molar-refractivity contribution in [1.82, 2.24) is 0 Å². The first-order valence-corrected chi connectivity index (χ1v) is 10.2. The molecule has 0 aliphatic rings. The first kappa shape index (κ1) is 20.8. The fourth-order valence-electron chi connectivity index (χ4n) is 3.67. The Balaban J connectivity index is 1.88. The van der Waals surface area contributed by atoms with Crippen LogP contribution in [0.15, 0.2) is 91.0 Å². The minimum absolute atomic E-state index is 0.512. The molecule has 0 radical (unpaired) electrons. The van der Waals surface area contributed by atoms with Gasteiger partial charge in [-0.1, -0.05) is 97.4 Å². The number of hydrogen-bond donors (Lipinski definition) is 1. The Labute approximate surface area is 173 Å². The summed E-state index contributed by atoms with van der Waals surface area (Å²) in [6.07, 6.45) is 2.23. The SMILES string of the molecule is N#C[C@@H](O)CCCCCOC(c1ccccc1)(c1ccccc1)c1ccccc1. The third-order valence-electron chi connectivity index (χ3n) is 5.13. The maximum absolute atomic E-state index is 9.40. The van der Waals surface area contributed by atoms with E-state index in [1.54, 1.807) is 0 Å². The van der Waals surface area contributed by atoms with E-state index in [1.807, 2.05) is 60.7 Å². The van der Waals surface area contributed by atoms with Gasteiger partial charge in [-0.15, -0.1) is 0 Å². The molecule has 0 saturated carbocycles. The number of nitrogens with zero attached hydrogens (tertiary/aromatic N) is 1. The van der Waals surface area contributed by atoms with Crippen LogP contribution in [0.25, 0.3) is 0 Å². The van der Waals surface area contributed by atoms with Gasteiger partial charge in [-0.3, -0.25) is 0 Å². The van der Waals surface area contributed by atoms with Crippen molar-refractivity contribution in [1.29, 1.82) is 5.26 Å². The quantitative estimate of drug-likeness (QED) is 0.287. The number of rotatable bonds is 10. The summed E-state index contributed by atoms with van der Waals surface area (Å²) in [4.78, 5) is 0. The average Bonchev–Trinajstić information content (AvgIpc) is 2.80. The molecule has 0 aliphatic heterocycles. The van der Waals surface area contributed by atoms with Crippen LogP contribution in [0.1, 0.15) is 42.4 Å². The lowest BCUT2D eigenvalue weighted by Crippen LogP contribution is -2.33. The van der Waals surface area contributed by atoms with Gasteiger partial charge in [0.15, 0.2) is 0 Å². The molecule has 0 fully saturated rings. The minimum atomic E-state index is -0.868. The molecule has 1 N–H and O–H groups in total. The van der Waals surface area contributed by atoms with Crippen LogP contribution in [0.5, 0.6) is 0 Å². The summed E-state index contributed by atoms with van der Waals surface area (Å²) >= 11 is 0. The number of aliphatic hydroxyl groups excluding tert-OH is 1. The van der Waals surface area contributed by atoms with Crippen molar-refractivity contribution < 1.29 is 9.84 Å². The van der Waals surface area contributed by atoms with Crippen molar-refractivity contribution in [3.8, 4) is 6.07 Å². The average molecular weight is 386 g/mol. The van der Waals surface area contributed by atoms with Gasteiger partial charge in [0.2, 0.25) is 0 Å². The summed E-state index contributed by atoms with van der Waals surface area (Å²) in [6, 6.07) is 32.9. The highest BCUT2D eigenvalue weighted by atomic mass is 16.5. The second kappa shape index (κ2) is 10.6. The third kappa shape index (κ3) is 5.12. The summed E-state index contributed by atoms with van der Waals surface area (Å²) in [5.41, 5.74) is 2.60. The molecule has 1 atom stereocenters. The second-order valence-electron chi connectivity index (χ2n) is 7.12. The Morgan fingerprint density at radius 2 is 1.17 bits per heavy atom. The van der Waals surface area contributed by atoms with E-state index in [0.717, 1.165) is 36.0 Å². The molecule has 0 bridgehead atoms. The highest BCUT2D eigenvalue weighted by molar-refractivity contribution is 5.47. The van der Waals surface area contributed by atoms with Crippen LogP contribution in [0.3, 0.4) is 0 Å². The number of benzene rings is 3. The highest BCUT2D eigenvalue weighted by Gasteiger charge is 2.37. The smallest absolute Gasteiger partial charge is 0.143 e. The number of ether oxygens (including phenoxy) is 1. The van der Waals surface area contributed by atoms with Crippen LogP contribution in [0.4, 0.5) is 0 Å². The van der Waals surface area contributed by atoms with Crippen molar-refractivity contribution in [3.63, 3.8) is 0 Å². The molecule has 3 heteroatoms. The van der Waals surface area contributed by atoms with Crippen LogP contribution in [-0.2, 0) is 10.3 Å². The molecule has 0 amide bonds. The third-order valence-corrected chi connectivity index (χ3v) is 5.13. The first-order valence-electron chi connectivity index (χ1n) is 10.2. The predicted octanol–water partition coefficient (Wildman–Crippen LogP) is 5.44. The van der Waals surface area contributed by atoms with Gasteiger partial charge in [0.05, 0.1) is 6.07 Å². The molecule has 3 aromatic carbocycles. The van der Waals surface area contributed by atoms with E-state index in [9.17, 15) is 5.11 Å². The van der Waals surface area contributed by atoms with Crippen LogP contribution in [0.2, 0.25) is 0 Å². The van der Waals surface area contributed by atoms with Crippen molar-refractivity contribution in [2.45, 2.75) is 37.4 Å². The van der Waals surface area contributed by atoms with Gasteiger partial charge in [0.1, 0.15) is 11.7 Å². The van der Waals surface area contributed by atoms with Gasteiger partial charge >= 0.3 is 0 Å². The summed E-state index contributed by atoms with van der Waals surface area (Å²) in [7, 11) is 0. The van der Waals surface area contributed by atoms with E-state index in [-0.39, 0.29) is 0 Å². The van der Waals surface area contributed by atoms with Gasteiger partial charge in [-0.2, -0.15) is 5.26 Å². The molecular weight excluding hydrogens is 358 g/mol. The second-order valence-corrected chi connectivity index (χ2v) is 7.12. The lowest BCUT2D eigenvalue weighted by atomic mass is 9.80. The molecule has 0 spiro atoms. The Hall–Kier alpha value is -2.93. The fraction of sp³-hybridized carbons (Fsp3) is 0.269. The molecule has 0 heterocycles. The van der Waals surface area contributed by atoms with Crippen molar-refractivity contribution >= 4 is 0 Å². The summed E-state index contributed by atoms with van der Waals surface area (Å²) in [5.74, 6) is 0. The predicted molar refractivity (Wildman–Crippen MR) is 115 cm³/mol. The Morgan fingerprint density at radius 1 is 0.724 bits per heavy atom. The van der Waals surface area contributed by atoms with Crippen LogP contribution in [0, 0.1) is 11.3 Å². The summed E-state index contributed by atoms with van der Waals surface area (Å²) in [5, 5.41) is 18.1. The number of aliphatic hydroxyl groups is 1. The zero-order valence-electron chi connectivity index (χ0n) is 16.6. The van der Waals surface area contributed by atoms with Crippen LogP contribution >= 0.6 is 0 Å². The van der Waals surface area contributed by atoms with Gasteiger partial charge in [-0.05, 0) is 36.0 Å². The maximum Gasteiger partial charge on any atom is 0.143 e. The van der Waals surface area contributed by atoms with E-state index in [4.69, 9.17) is 10.00 Å².